The van der Waals surface area contributed by atoms with E-state index in [-0.39, 0.29) is 0 Å². The number of fused-ring (bicyclic) bond motifs is 1. The van der Waals surface area contributed by atoms with E-state index < -0.39 is 0 Å². The van der Waals surface area contributed by atoms with Gasteiger partial charge in [-0.1, -0.05) is 11.6 Å². The van der Waals surface area contributed by atoms with Crippen LogP contribution >= 0.6 is 12.2 Å². The number of nitriles is 1. The van der Waals surface area contributed by atoms with Crippen molar-refractivity contribution in [3.8, 4) is 6.07 Å². The molecule has 2 rings (SSSR count). The summed E-state index contributed by atoms with van der Waals surface area (Å²) in [6.07, 6.45) is 0. The van der Waals surface area contributed by atoms with Crippen molar-refractivity contribution in [1.29, 1.82) is 5.26 Å². The van der Waals surface area contributed by atoms with Crippen LogP contribution in [0.1, 0.15) is 16.7 Å². The van der Waals surface area contributed by atoms with Crippen LogP contribution < -0.4 is 16.0 Å². The molecule has 0 bridgehead atoms. The largest absolute Gasteiger partial charge is 0.383 e. The van der Waals surface area contributed by atoms with Crippen LogP contribution in [0.2, 0.25) is 0 Å². The molecule has 6 nitrogen and oxygen atoms in total. The van der Waals surface area contributed by atoms with Crippen LogP contribution in [0.15, 0.2) is 18.2 Å². The second kappa shape index (κ2) is 9.16. The van der Waals surface area contributed by atoms with E-state index in [1.54, 1.807) is 7.11 Å². The fraction of sp³-hybridized carbons (Fsp3) is 0.389. The molecule has 25 heavy (non-hydrogen) atoms. The van der Waals surface area contributed by atoms with Crippen molar-refractivity contribution in [1.82, 2.24) is 15.6 Å². The van der Waals surface area contributed by atoms with Gasteiger partial charge in [0, 0.05) is 32.1 Å². The van der Waals surface area contributed by atoms with E-state index in [0.29, 0.717) is 42.7 Å². The molecule has 0 spiro atoms. The fourth-order valence-corrected chi connectivity index (χ4v) is 2.76. The normalized spacial score (nSPS) is 10.3. The Balaban J connectivity index is 1.99. The highest BCUT2D eigenvalue weighted by atomic mass is 32.1. The first-order valence-electron chi connectivity index (χ1n) is 8.11. The van der Waals surface area contributed by atoms with E-state index in [1.165, 1.54) is 0 Å². The summed E-state index contributed by atoms with van der Waals surface area (Å²) in [5.41, 5.74) is 3.72. The number of thiocarbonyl (C=S) groups is 1. The summed E-state index contributed by atoms with van der Waals surface area (Å²) >= 11 is 5.17. The maximum absolute atomic E-state index is 9.39. The number of nitrogens with zero attached hydrogens (tertiary/aromatic N) is 2. The summed E-state index contributed by atoms with van der Waals surface area (Å²) in [6.45, 7) is 6.56. The molecule has 0 atom stereocenters. The van der Waals surface area contributed by atoms with Gasteiger partial charge in [-0.05, 0) is 43.8 Å². The number of hydrogen-bond donors (Lipinski definition) is 3. The van der Waals surface area contributed by atoms with Crippen molar-refractivity contribution in [3.05, 3.63) is 34.9 Å². The summed E-state index contributed by atoms with van der Waals surface area (Å²) in [7, 11) is 1.65. The third kappa shape index (κ3) is 5.28. The Kier molecular flexibility index (Phi) is 6.92. The molecule has 0 radical (unpaired) electrons. The molecule has 0 unspecified atom stereocenters. The zero-order valence-electron chi connectivity index (χ0n) is 14.8. The molecule has 3 N–H and O–H groups in total. The van der Waals surface area contributed by atoms with Crippen molar-refractivity contribution >= 4 is 34.1 Å². The molecule has 2 aromatic rings. The third-order valence-corrected chi connectivity index (χ3v) is 3.96. The van der Waals surface area contributed by atoms with Gasteiger partial charge in [-0.25, -0.2) is 4.98 Å². The monoisotopic (exact) mass is 357 g/mol. The maximum atomic E-state index is 9.39. The molecular formula is C18H23N5OS. The van der Waals surface area contributed by atoms with E-state index in [9.17, 15) is 5.26 Å². The molecule has 0 aliphatic rings. The molecule has 0 amide bonds. The molecule has 132 valence electrons. The van der Waals surface area contributed by atoms with E-state index >= 15 is 0 Å². The van der Waals surface area contributed by atoms with Gasteiger partial charge in [-0.2, -0.15) is 5.26 Å². The van der Waals surface area contributed by atoms with Gasteiger partial charge in [0.25, 0.3) is 0 Å². The van der Waals surface area contributed by atoms with Gasteiger partial charge in [0.05, 0.1) is 17.7 Å². The van der Waals surface area contributed by atoms with Crippen LogP contribution in [-0.4, -0.2) is 43.4 Å². The molecule has 7 heteroatoms. The van der Waals surface area contributed by atoms with E-state index in [4.69, 9.17) is 17.0 Å². The quantitative estimate of drug-likeness (QED) is 0.518. The molecule has 0 aliphatic heterocycles. The highest BCUT2D eigenvalue weighted by Gasteiger charge is 2.08. The lowest BCUT2D eigenvalue weighted by Crippen LogP contribution is -2.39. The van der Waals surface area contributed by atoms with Gasteiger partial charge >= 0.3 is 0 Å². The number of rotatable bonds is 7. The Bertz CT molecular complexity index is 800. The van der Waals surface area contributed by atoms with Crippen LogP contribution in [0.4, 0.5) is 5.82 Å². The molecule has 0 fully saturated rings. The highest BCUT2D eigenvalue weighted by Crippen LogP contribution is 2.23. The van der Waals surface area contributed by atoms with Crippen LogP contribution in [0.5, 0.6) is 0 Å². The van der Waals surface area contributed by atoms with Crippen LogP contribution in [0, 0.1) is 25.2 Å². The summed E-state index contributed by atoms with van der Waals surface area (Å²) in [5.74, 6) is 0.599. The fourth-order valence-electron chi connectivity index (χ4n) is 2.56. The zero-order chi connectivity index (χ0) is 18.2. The number of pyridine rings is 1. The summed E-state index contributed by atoms with van der Waals surface area (Å²) in [5, 5.41) is 20.3. The summed E-state index contributed by atoms with van der Waals surface area (Å²) in [6, 6.07) is 8.24. The van der Waals surface area contributed by atoms with Gasteiger partial charge in [-0.15, -0.1) is 0 Å². The number of ether oxygens (including phenoxy) is 1. The number of aromatic nitrogens is 1. The first-order valence-corrected chi connectivity index (χ1v) is 8.52. The first kappa shape index (κ1) is 18.9. The minimum absolute atomic E-state index is 0.540. The Labute approximate surface area is 153 Å². The Hall–Kier alpha value is -2.43. The first-order chi connectivity index (χ1) is 12.0. The molecule has 1 aromatic heterocycles. The molecule has 0 aliphatic carbocycles. The molecule has 1 aromatic carbocycles. The van der Waals surface area contributed by atoms with Gasteiger partial charge in [0.15, 0.2) is 5.11 Å². The van der Waals surface area contributed by atoms with Crippen LogP contribution in [0.3, 0.4) is 0 Å². The highest BCUT2D eigenvalue weighted by molar-refractivity contribution is 7.80. The number of benzene rings is 1. The molecular weight excluding hydrogens is 334 g/mol. The predicted molar refractivity (Wildman–Crippen MR) is 105 cm³/mol. The molecule has 0 saturated heterocycles. The van der Waals surface area contributed by atoms with E-state index in [0.717, 1.165) is 22.0 Å². The number of anilines is 1. The second-order valence-corrected chi connectivity index (χ2v) is 6.16. The van der Waals surface area contributed by atoms with Gasteiger partial charge in [0.2, 0.25) is 0 Å². The van der Waals surface area contributed by atoms with Gasteiger partial charge in [-0.3, -0.25) is 0 Å². The van der Waals surface area contributed by atoms with E-state index in [2.05, 4.69) is 33.1 Å². The average molecular weight is 357 g/mol. The maximum Gasteiger partial charge on any atom is 0.166 e. The lowest BCUT2D eigenvalue weighted by Gasteiger charge is -2.13. The summed E-state index contributed by atoms with van der Waals surface area (Å²) < 4.78 is 4.95. The predicted octanol–water partition coefficient (Wildman–Crippen LogP) is 2.25. The second-order valence-electron chi connectivity index (χ2n) is 5.75. The number of nitrogens with one attached hydrogen (secondary N) is 3. The Morgan fingerprint density at radius 3 is 2.68 bits per heavy atom. The standard InChI is InChI=1S/C18H23N5OS/c1-12-8-13(2)16-14(9-12)10-15(11-19)17(23-16)20-4-5-21-18(25)22-6-7-24-3/h8-10H,4-7H2,1-3H3,(H,20,23)(H2,21,22,25). The third-order valence-electron chi connectivity index (χ3n) is 3.67. The Morgan fingerprint density at radius 1 is 1.20 bits per heavy atom. The minimum atomic E-state index is 0.540. The number of methoxy groups -OCH3 is 1. The zero-order valence-corrected chi connectivity index (χ0v) is 15.6. The van der Waals surface area contributed by atoms with Gasteiger partial charge in [0.1, 0.15) is 11.9 Å². The Morgan fingerprint density at radius 2 is 1.96 bits per heavy atom. The minimum Gasteiger partial charge on any atom is -0.383 e. The molecule has 0 saturated carbocycles. The van der Waals surface area contributed by atoms with Crippen molar-refractivity contribution in [2.75, 3.05) is 38.7 Å². The van der Waals surface area contributed by atoms with Crippen molar-refractivity contribution in [2.24, 2.45) is 0 Å². The lowest BCUT2D eigenvalue weighted by atomic mass is 10.1. The lowest BCUT2D eigenvalue weighted by molar-refractivity contribution is 0.204. The average Bonchev–Trinajstić information content (AvgIpc) is 2.58. The molecule has 1 heterocycles. The van der Waals surface area contributed by atoms with Crippen molar-refractivity contribution in [2.45, 2.75) is 13.8 Å². The number of aryl methyl sites for hydroxylation is 2. The smallest absolute Gasteiger partial charge is 0.166 e. The van der Waals surface area contributed by atoms with Crippen molar-refractivity contribution in [3.63, 3.8) is 0 Å². The van der Waals surface area contributed by atoms with Gasteiger partial charge < -0.3 is 20.7 Å². The van der Waals surface area contributed by atoms with E-state index in [1.807, 2.05) is 26.0 Å². The summed E-state index contributed by atoms with van der Waals surface area (Å²) in [4.78, 5) is 4.64. The SMILES string of the molecule is COCCNC(=S)NCCNc1nc2c(C)cc(C)cc2cc1C#N. The van der Waals surface area contributed by atoms with Crippen LogP contribution in [0.25, 0.3) is 10.9 Å². The van der Waals surface area contributed by atoms with Crippen molar-refractivity contribution < 1.29 is 4.74 Å². The van der Waals surface area contributed by atoms with Crippen LogP contribution in [-0.2, 0) is 4.74 Å². The topological polar surface area (TPSA) is 82.0 Å². The number of hydrogen-bond acceptors (Lipinski definition) is 5.